The second kappa shape index (κ2) is 10.0. The van der Waals surface area contributed by atoms with Crippen molar-refractivity contribution >= 4 is 0 Å². The molecule has 1 unspecified atom stereocenters. The predicted molar refractivity (Wildman–Crippen MR) is 96.4 cm³/mol. The number of aryl methyl sites for hydroxylation is 1. The van der Waals surface area contributed by atoms with Crippen molar-refractivity contribution in [1.29, 1.82) is 0 Å². The van der Waals surface area contributed by atoms with Crippen LogP contribution in [0.1, 0.15) is 69.0 Å². The van der Waals surface area contributed by atoms with Gasteiger partial charge in [0.25, 0.3) is 0 Å². The van der Waals surface area contributed by atoms with Gasteiger partial charge in [-0.2, -0.15) is 0 Å². The highest BCUT2D eigenvalue weighted by Crippen LogP contribution is 2.24. The van der Waals surface area contributed by atoms with Crippen molar-refractivity contribution in [3.63, 3.8) is 0 Å². The van der Waals surface area contributed by atoms with E-state index in [-0.39, 0.29) is 0 Å². The van der Waals surface area contributed by atoms with Crippen molar-refractivity contribution in [2.45, 2.75) is 64.8 Å². The number of piperidine rings is 1. The number of unbranched alkanes of at least 4 members (excludes halogenated alkanes) is 3. The average Bonchev–Trinajstić information content (AvgIpc) is 2.56. The molecule has 0 aliphatic carbocycles. The minimum Gasteiger partial charge on any atom is -0.315 e. The molecule has 0 saturated carbocycles. The lowest BCUT2D eigenvalue weighted by Crippen LogP contribution is -2.39. The number of nitrogens with zero attached hydrogens (tertiary/aromatic N) is 1. The van der Waals surface area contributed by atoms with Gasteiger partial charge >= 0.3 is 0 Å². The molecule has 0 spiro atoms. The highest BCUT2D eigenvalue weighted by molar-refractivity contribution is 5.24. The van der Waals surface area contributed by atoms with Crippen LogP contribution in [0.4, 0.5) is 0 Å². The second-order valence-corrected chi connectivity index (χ2v) is 6.79. The van der Waals surface area contributed by atoms with Crippen LogP contribution < -0.4 is 5.32 Å². The smallest absolute Gasteiger partial charge is 0.0472 e. The van der Waals surface area contributed by atoms with Gasteiger partial charge in [0.05, 0.1) is 0 Å². The summed E-state index contributed by atoms with van der Waals surface area (Å²) in [5.41, 5.74) is 2.84. The molecular weight excluding hydrogens is 268 g/mol. The fourth-order valence-electron chi connectivity index (χ4n) is 3.39. The first-order valence-electron chi connectivity index (χ1n) is 9.32. The quantitative estimate of drug-likeness (QED) is 0.666. The molecule has 1 aliphatic rings. The van der Waals surface area contributed by atoms with Gasteiger partial charge in [-0.25, -0.2) is 0 Å². The molecular formula is C20H34N2. The molecule has 2 nitrogen and oxygen atoms in total. The van der Waals surface area contributed by atoms with Crippen molar-refractivity contribution in [3.8, 4) is 0 Å². The third-order valence-corrected chi connectivity index (χ3v) is 4.84. The zero-order valence-electron chi connectivity index (χ0n) is 14.6. The van der Waals surface area contributed by atoms with E-state index < -0.39 is 0 Å². The summed E-state index contributed by atoms with van der Waals surface area (Å²) in [7, 11) is 0. The SMILES string of the molecule is CCCCCCNCC(c1ccc(C)cc1)N1CCCCC1. The van der Waals surface area contributed by atoms with E-state index in [0.717, 1.165) is 13.1 Å². The summed E-state index contributed by atoms with van der Waals surface area (Å²) in [5, 5.41) is 3.71. The number of benzene rings is 1. The van der Waals surface area contributed by atoms with Crippen LogP contribution in [0.2, 0.25) is 0 Å². The molecule has 1 heterocycles. The van der Waals surface area contributed by atoms with Gasteiger partial charge in [-0.15, -0.1) is 0 Å². The topological polar surface area (TPSA) is 15.3 Å². The monoisotopic (exact) mass is 302 g/mol. The summed E-state index contributed by atoms with van der Waals surface area (Å²) in [6, 6.07) is 9.72. The second-order valence-electron chi connectivity index (χ2n) is 6.79. The zero-order valence-corrected chi connectivity index (χ0v) is 14.6. The van der Waals surface area contributed by atoms with Gasteiger partial charge in [0.1, 0.15) is 0 Å². The Kier molecular flexibility index (Phi) is 7.96. The molecule has 1 saturated heterocycles. The molecule has 2 rings (SSSR count). The summed E-state index contributed by atoms with van der Waals surface area (Å²) < 4.78 is 0. The summed E-state index contributed by atoms with van der Waals surface area (Å²) >= 11 is 0. The van der Waals surface area contributed by atoms with E-state index in [0.29, 0.717) is 6.04 Å². The number of hydrogen-bond donors (Lipinski definition) is 1. The maximum absolute atomic E-state index is 3.71. The van der Waals surface area contributed by atoms with E-state index in [9.17, 15) is 0 Å². The van der Waals surface area contributed by atoms with Crippen molar-refractivity contribution in [3.05, 3.63) is 35.4 Å². The fourth-order valence-corrected chi connectivity index (χ4v) is 3.39. The molecule has 124 valence electrons. The lowest BCUT2D eigenvalue weighted by Gasteiger charge is -2.35. The van der Waals surface area contributed by atoms with Crippen LogP contribution in [0.15, 0.2) is 24.3 Å². The van der Waals surface area contributed by atoms with Gasteiger partial charge in [-0.1, -0.05) is 62.4 Å². The molecule has 1 aromatic carbocycles. The molecule has 1 N–H and O–H groups in total. The van der Waals surface area contributed by atoms with Crippen LogP contribution in [-0.4, -0.2) is 31.1 Å². The van der Waals surface area contributed by atoms with Crippen LogP contribution in [0.3, 0.4) is 0 Å². The van der Waals surface area contributed by atoms with E-state index in [2.05, 4.69) is 48.3 Å². The van der Waals surface area contributed by atoms with E-state index in [4.69, 9.17) is 0 Å². The Labute approximate surface area is 137 Å². The van der Waals surface area contributed by atoms with Crippen LogP contribution in [0, 0.1) is 6.92 Å². The first-order valence-corrected chi connectivity index (χ1v) is 9.32. The van der Waals surface area contributed by atoms with Crippen molar-refractivity contribution in [2.75, 3.05) is 26.2 Å². The molecule has 1 aromatic rings. The van der Waals surface area contributed by atoms with Gasteiger partial charge in [0, 0.05) is 12.6 Å². The maximum atomic E-state index is 3.71. The molecule has 2 heteroatoms. The van der Waals surface area contributed by atoms with Crippen LogP contribution in [0.5, 0.6) is 0 Å². The Morgan fingerprint density at radius 2 is 1.73 bits per heavy atom. The van der Waals surface area contributed by atoms with E-state index in [1.165, 1.54) is 69.2 Å². The Bertz CT molecular complexity index is 393. The highest BCUT2D eigenvalue weighted by atomic mass is 15.2. The standard InChI is InChI=1S/C20H34N2/c1-3-4-5-7-14-21-17-20(22-15-8-6-9-16-22)19-12-10-18(2)11-13-19/h10-13,20-21H,3-9,14-17H2,1-2H3. The van der Waals surface area contributed by atoms with E-state index in [1.807, 2.05) is 0 Å². The largest absolute Gasteiger partial charge is 0.315 e. The molecule has 0 bridgehead atoms. The number of likely N-dealkylation sites (tertiary alicyclic amines) is 1. The Balaban J connectivity index is 1.88. The molecule has 1 atom stereocenters. The van der Waals surface area contributed by atoms with Crippen LogP contribution in [-0.2, 0) is 0 Å². The zero-order chi connectivity index (χ0) is 15.6. The first kappa shape index (κ1) is 17.5. The van der Waals surface area contributed by atoms with Gasteiger partial charge < -0.3 is 5.32 Å². The van der Waals surface area contributed by atoms with Gasteiger partial charge in [-0.05, 0) is 51.4 Å². The summed E-state index contributed by atoms with van der Waals surface area (Å²) in [6.45, 7) is 9.22. The van der Waals surface area contributed by atoms with E-state index >= 15 is 0 Å². The summed E-state index contributed by atoms with van der Waals surface area (Å²) in [6.07, 6.45) is 9.49. The summed E-state index contributed by atoms with van der Waals surface area (Å²) in [5.74, 6) is 0. The fraction of sp³-hybridized carbons (Fsp3) is 0.700. The van der Waals surface area contributed by atoms with Crippen LogP contribution >= 0.6 is 0 Å². The first-order chi connectivity index (χ1) is 10.8. The molecule has 0 aromatic heterocycles. The lowest BCUT2D eigenvalue weighted by atomic mass is 10.0. The molecule has 1 aliphatic heterocycles. The Hall–Kier alpha value is -0.860. The minimum atomic E-state index is 0.548. The number of hydrogen-bond acceptors (Lipinski definition) is 2. The van der Waals surface area contributed by atoms with Gasteiger partial charge in [-0.3, -0.25) is 4.90 Å². The van der Waals surface area contributed by atoms with Gasteiger partial charge in [0.2, 0.25) is 0 Å². The number of nitrogens with one attached hydrogen (secondary N) is 1. The highest BCUT2D eigenvalue weighted by Gasteiger charge is 2.21. The van der Waals surface area contributed by atoms with E-state index in [1.54, 1.807) is 0 Å². The Morgan fingerprint density at radius 1 is 1.00 bits per heavy atom. The third-order valence-electron chi connectivity index (χ3n) is 4.84. The van der Waals surface area contributed by atoms with Crippen LogP contribution in [0.25, 0.3) is 0 Å². The normalized spacial score (nSPS) is 17.5. The molecule has 0 amide bonds. The van der Waals surface area contributed by atoms with Gasteiger partial charge in [0.15, 0.2) is 0 Å². The lowest BCUT2D eigenvalue weighted by molar-refractivity contribution is 0.160. The van der Waals surface area contributed by atoms with Crippen molar-refractivity contribution in [2.24, 2.45) is 0 Å². The minimum absolute atomic E-state index is 0.548. The van der Waals surface area contributed by atoms with Crippen molar-refractivity contribution in [1.82, 2.24) is 10.2 Å². The maximum Gasteiger partial charge on any atom is 0.0472 e. The average molecular weight is 303 g/mol. The molecule has 0 radical (unpaired) electrons. The molecule has 1 fully saturated rings. The summed E-state index contributed by atoms with van der Waals surface area (Å²) in [4.78, 5) is 2.69. The number of rotatable bonds is 9. The predicted octanol–water partition coefficient (Wildman–Crippen LogP) is 4.69. The molecule has 22 heavy (non-hydrogen) atoms. The third kappa shape index (κ3) is 5.73. The Morgan fingerprint density at radius 3 is 2.41 bits per heavy atom. The van der Waals surface area contributed by atoms with Crippen molar-refractivity contribution < 1.29 is 0 Å².